The van der Waals surface area contributed by atoms with E-state index < -0.39 is 0 Å². The van der Waals surface area contributed by atoms with Crippen LogP contribution in [0.5, 0.6) is 0 Å². The average molecular weight is 210 g/mol. The van der Waals surface area contributed by atoms with Crippen LogP contribution in [0.25, 0.3) is 0 Å². The Morgan fingerprint density at radius 2 is 2.20 bits per heavy atom. The van der Waals surface area contributed by atoms with Crippen LogP contribution in [0.1, 0.15) is 39.0 Å². The fourth-order valence-electron chi connectivity index (χ4n) is 3.14. The number of fused-ring (bicyclic) bond motifs is 1. The van der Waals surface area contributed by atoms with Gasteiger partial charge in [0, 0.05) is 19.0 Å². The lowest BCUT2D eigenvalue weighted by molar-refractivity contribution is -0.121. The number of nitrogens with two attached hydrogens (primary N) is 1. The molecule has 86 valence electrons. The van der Waals surface area contributed by atoms with E-state index in [4.69, 9.17) is 5.73 Å². The van der Waals surface area contributed by atoms with Crippen LogP contribution in [-0.4, -0.2) is 18.5 Å². The molecule has 1 amide bonds. The fraction of sp³-hybridized carbons (Fsp3) is 0.917. The summed E-state index contributed by atoms with van der Waals surface area (Å²) < 4.78 is 0. The molecule has 0 radical (unpaired) electrons. The molecule has 2 aliphatic rings. The van der Waals surface area contributed by atoms with E-state index in [1.54, 1.807) is 0 Å². The molecule has 0 spiro atoms. The highest BCUT2D eigenvalue weighted by molar-refractivity contribution is 5.75. The van der Waals surface area contributed by atoms with Gasteiger partial charge in [0.1, 0.15) is 0 Å². The van der Waals surface area contributed by atoms with Crippen LogP contribution in [-0.2, 0) is 4.79 Å². The molecule has 4 atom stereocenters. The number of hydrogen-bond acceptors (Lipinski definition) is 2. The predicted octanol–water partition coefficient (Wildman–Crippen LogP) is 1.28. The summed E-state index contributed by atoms with van der Waals surface area (Å²) in [6.45, 7) is 2.91. The van der Waals surface area contributed by atoms with Crippen molar-refractivity contribution in [3.63, 3.8) is 0 Å². The van der Waals surface area contributed by atoms with Crippen molar-refractivity contribution in [1.29, 1.82) is 0 Å². The van der Waals surface area contributed by atoms with Crippen LogP contribution in [0.15, 0.2) is 0 Å². The summed E-state index contributed by atoms with van der Waals surface area (Å²) in [5.74, 6) is 2.53. The Morgan fingerprint density at radius 3 is 2.80 bits per heavy atom. The highest BCUT2D eigenvalue weighted by atomic mass is 16.1. The molecule has 0 aliphatic heterocycles. The molecule has 0 aromatic heterocycles. The second-order valence-corrected chi connectivity index (χ2v) is 5.21. The largest absolute Gasteiger partial charge is 0.356 e. The van der Waals surface area contributed by atoms with Crippen LogP contribution in [0.2, 0.25) is 0 Å². The first kappa shape index (κ1) is 10.9. The number of carbonyl (C=O) groups is 1. The fourth-order valence-corrected chi connectivity index (χ4v) is 3.14. The van der Waals surface area contributed by atoms with Crippen molar-refractivity contribution in [1.82, 2.24) is 5.32 Å². The van der Waals surface area contributed by atoms with Crippen LogP contribution in [0.3, 0.4) is 0 Å². The van der Waals surface area contributed by atoms with Gasteiger partial charge in [0.2, 0.25) is 5.91 Å². The summed E-state index contributed by atoms with van der Waals surface area (Å²) in [4.78, 5) is 11.3. The first-order valence-electron chi connectivity index (χ1n) is 6.23. The summed E-state index contributed by atoms with van der Waals surface area (Å²) in [6.07, 6.45) is 5.33. The van der Waals surface area contributed by atoms with Gasteiger partial charge >= 0.3 is 0 Å². The van der Waals surface area contributed by atoms with Gasteiger partial charge in [-0.2, -0.15) is 0 Å². The Morgan fingerprint density at radius 1 is 1.40 bits per heavy atom. The van der Waals surface area contributed by atoms with E-state index in [0.29, 0.717) is 18.4 Å². The molecule has 3 heteroatoms. The smallest absolute Gasteiger partial charge is 0.219 e. The standard InChI is InChI=1S/C12H22N2O/c1-2-3-12(15)14-7-8-4-9-6-11(13)10(9)5-8/h8-11H,2-7,13H2,1H3,(H,14,15). The Labute approximate surface area is 91.8 Å². The van der Waals surface area contributed by atoms with Gasteiger partial charge in [-0.05, 0) is 43.4 Å². The van der Waals surface area contributed by atoms with Gasteiger partial charge in [-0.3, -0.25) is 4.79 Å². The van der Waals surface area contributed by atoms with E-state index in [9.17, 15) is 4.79 Å². The summed E-state index contributed by atoms with van der Waals surface area (Å²) in [5, 5.41) is 3.03. The van der Waals surface area contributed by atoms with E-state index in [0.717, 1.165) is 24.8 Å². The second kappa shape index (κ2) is 4.52. The van der Waals surface area contributed by atoms with E-state index >= 15 is 0 Å². The molecule has 0 saturated heterocycles. The molecule has 2 aliphatic carbocycles. The third kappa shape index (κ3) is 2.33. The van der Waals surface area contributed by atoms with Crippen molar-refractivity contribution in [3.8, 4) is 0 Å². The third-order valence-electron chi connectivity index (χ3n) is 4.04. The zero-order valence-corrected chi connectivity index (χ0v) is 9.54. The minimum absolute atomic E-state index is 0.209. The molecule has 0 heterocycles. The van der Waals surface area contributed by atoms with Gasteiger partial charge < -0.3 is 11.1 Å². The lowest BCUT2D eigenvalue weighted by Gasteiger charge is -2.37. The monoisotopic (exact) mass is 210 g/mol. The minimum Gasteiger partial charge on any atom is -0.356 e. The Bertz CT molecular complexity index is 242. The van der Waals surface area contributed by atoms with Crippen LogP contribution < -0.4 is 11.1 Å². The second-order valence-electron chi connectivity index (χ2n) is 5.21. The van der Waals surface area contributed by atoms with Crippen molar-refractivity contribution in [2.24, 2.45) is 23.5 Å². The molecule has 2 saturated carbocycles. The number of nitrogens with one attached hydrogen (secondary N) is 1. The maximum Gasteiger partial charge on any atom is 0.219 e. The summed E-state index contributed by atoms with van der Waals surface area (Å²) in [7, 11) is 0. The van der Waals surface area contributed by atoms with Crippen LogP contribution in [0.4, 0.5) is 0 Å². The molecule has 2 fully saturated rings. The Hall–Kier alpha value is -0.570. The number of amides is 1. The minimum atomic E-state index is 0.209. The van der Waals surface area contributed by atoms with Crippen LogP contribution in [0, 0.1) is 17.8 Å². The van der Waals surface area contributed by atoms with Crippen LogP contribution >= 0.6 is 0 Å². The molecular weight excluding hydrogens is 188 g/mol. The number of hydrogen-bond donors (Lipinski definition) is 2. The average Bonchev–Trinajstić information content (AvgIpc) is 2.53. The zero-order valence-electron chi connectivity index (χ0n) is 9.54. The molecular formula is C12H22N2O. The quantitative estimate of drug-likeness (QED) is 0.734. The summed E-state index contributed by atoms with van der Waals surface area (Å²) in [5.41, 5.74) is 5.94. The van der Waals surface area contributed by atoms with Gasteiger partial charge in [-0.15, -0.1) is 0 Å². The van der Waals surface area contributed by atoms with E-state index in [1.807, 2.05) is 6.92 Å². The highest BCUT2D eigenvalue weighted by Gasteiger charge is 2.45. The molecule has 0 aromatic carbocycles. The van der Waals surface area contributed by atoms with Gasteiger partial charge in [-0.1, -0.05) is 6.92 Å². The molecule has 3 N–H and O–H groups in total. The van der Waals surface area contributed by atoms with Crippen molar-refractivity contribution in [2.45, 2.75) is 45.1 Å². The first-order chi connectivity index (χ1) is 7.20. The van der Waals surface area contributed by atoms with E-state index in [1.165, 1.54) is 19.3 Å². The molecule has 15 heavy (non-hydrogen) atoms. The maximum atomic E-state index is 11.3. The van der Waals surface area contributed by atoms with Gasteiger partial charge in [0.15, 0.2) is 0 Å². The van der Waals surface area contributed by atoms with Crippen molar-refractivity contribution in [3.05, 3.63) is 0 Å². The summed E-state index contributed by atoms with van der Waals surface area (Å²) in [6, 6.07) is 0.450. The van der Waals surface area contributed by atoms with E-state index in [-0.39, 0.29) is 5.91 Å². The normalized spacial score (nSPS) is 38.3. The topological polar surface area (TPSA) is 55.1 Å². The first-order valence-corrected chi connectivity index (χ1v) is 6.23. The Kier molecular flexibility index (Phi) is 3.29. The van der Waals surface area contributed by atoms with Gasteiger partial charge in [-0.25, -0.2) is 0 Å². The maximum absolute atomic E-state index is 11.3. The zero-order chi connectivity index (χ0) is 10.8. The van der Waals surface area contributed by atoms with E-state index in [2.05, 4.69) is 5.32 Å². The molecule has 4 unspecified atom stereocenters. The lowest BCUT2D eigenvalue weighted by Crippen LogP contribution is -2.44. The van der Waals surface area contributed by atoms with Gasteiger partial charge in [0.05, 0.1) is 0 Å². The number of rotatable bonds is 4. The number of carbonyl (C=O) groups excluding carboxylic acids is 1. The highest BCUT2D eigenvalue weighted by Crippen LogP contribution is 2.48. The predicted molar refractivity (Wildman–Crippen MR) is 60.2 cm³/mol. The SMILES string of the molecule is CCCC(=O)NCC1CC2CC(N)C2C1. The van der Waals surface area contributed by atoms with Crippen molar-refractivity contribution in [2.75, 3.05) is 6.54 Å². The molecule has 3 nitrogen and oxygen atoms in total. The Balaban J connectivity index is 1.67. The third-order valence-corrected chi connectivity index (χ3v) is 4.04. The molecule has 0 bridgehead atoms. The summed E-state index contributed by atoms with van der Waals surface area (Å²) >= 11 is 0. The van der Waals surface area contributed by atoms with Crippen molar-refractivity contribution < 1.29 is 4.79 Å². The molecule has 2 rings (SSSR count). The van der Waals surface area contributed by atoms with Gasteiger partial charge in [0.25, 0.3) is 0 Å². The lowest BCUT2D eigenvalue weighted by atomic mass is 9.72. The molecule has 0 aromatic rings. The van der Waals surface area contributed by atoms with Crippen molar-refractivity contribution >= 4 is 5.91 Å².